The van der Waals surface area contributed by atoms with Crippen molar-refractivity contribution >= 4 is 41.7 Å². The van der Waals surface area contributed by atoms with Crippen LogP contribution in [0.15, 0.2) is 4.99 Å². The minimum absolute atomic E-state index is 0. The Morgan fingerprint density at radius 2 is 2.12 bits per heavy atom. The molecule has 3 saturated heterocycles. The summed E-state index contributed by atoms with van der Waals surface area (Å²) in [4.78, 5) is 9.45. The van der Waals surface area contributed by atoms with Gasteiger partial charge in [-0.15, -0.1) is 24.0 Å². The van der Waals surface area contributed by atoms with Gasteiger partial charge in [-0.1, -0.05) is 0 Å². The molecule has 0 amide bonds. The molecular weight excluding hydrogens is 467 g/mol. The highest BCUT2D eigenvalue weighted by Gasteiger charge is 2.41. The van der Waals surface area contributed by atoms with E-state index < -0.39 is 0 Å². The van der Waals surface area contributed by atoms with E-state index in [1.165, 1.54) is 17.9 Å². The van der Waals surface area contributed by atoms with Gasteiger partial charge in [0.15, 0.2) is 5.96 Å². The summed E-state index contributed by atoms with van der Waals surface area (Å²) >= 11 is 2.06. The zero-order valence-corrected chi connectivity index (χ0v) is 19.1. The first-order valence-electron chi connectivity index (χ1n) is 9.24. The van der Waals surface area contributed by atoms with Gasteiger partial charge in [0, 0.05) is 58.2 Å². The van der Waals surface area contributed by atoms with Crippen molar-refractivity contribution in [2.75, 3.05) is 84.8 Å². The second kappa shape index (κ2) is 11.3. The molecule has 2 unspecified atom stereocenters. The van der Waals surface area contributed by atoms with Crippen LogP contribution in [0.2, 0.25) is 0 Å². The Morgan fingerprint density at radius 3 is 2.77 bits per heavy atom. The van der Waals surface area contributed by atoms with Gasteiger partial charge in [-0.3, -0.25) is 9.89 Å². The van der Waals surface area contributed by atoms with Crippen LogP contribution in [0.25, 0.3) is 0 Å². The van der Waals surface area contributed by atoms with E-state index in [9.17, 15) is 0 Å². The van der Waals surface area contributed by atoms with E-state index in [0.29, 0.717) is 6.61 Å². The van der Waals surface area contributed by atoms with Gasteiger partial charge in [0.05, 0.1) is 32.5 Å². The zero-order valence-electron chi connectivity index (χ0n) is 15.9. The fourth-order valence-corrected chi connectivity index (χ4v) is 5.39. The summed E-state index contributed by atoms with van der Waals surface area (Å²) in [5, 5.41) is 3.67. The monoisotopic (exact) mass is 500 g/mol. The van der Waals surface area contributed by atoms with Crippen LogP contribution in [-0.4, -0.2) is 112 Å². The molecule has 152 valence electrons. The standard InChI is InChI=1S/C17H32N4O3S.HI/c1-18-16(20-4-9-24-15(11-20)12-22-2)19-13-17(3-10-25-14-17)21-5-7-23-8-6-21;/h15H,3-14H2,1-2H3,(H,18,19);1H. The van der Waals surface area contributed by atoms with E-state index in [0.717, 1.165) is 58.5 Å². The fraction of sp³-hybridized carbons (Fsp3) is 0.941. The molecule has 3 fully saturated rings. The van der Waals surface area contributed by atoms with Crippen LogP contribution >= 0.6 is 35.7 Å². The van der Waals surface area contributed by atoms with E-state index >= 15 is 0 Å². The third-order valence-corrected chi connectivity index (χ3v) is 6.58. The minimum Gasteiger partial charge on any atom is -0.382 e. The Balaban J connectivity index is 0.00000243. The quantitative estimate of drug-likeness (QED) is 0.340. The molecule has 0 spiro atoms. The second-order valence-electron chi connectivity index (χ2n) is 6.92. The number of halogens is 1. The van der Waals surface area contributed by atoms with Gasteiger partial charge in [0.25, 0.3) is 0 Å². The molecule has 0 radical (unpaired) electrons. The molecule has 3 heterocycles. The topological polar surface area (TPSA) is 58.6 Å². The van der Waals surface area contributed by atoms with E-state index in [4.69, 9.17) is 14.2 Å². The van der Waals surface area contributed by atoms with Crippen molar-refractivity contribution in [2.45, 2.75) is 18.1 Å². The van der Waals surface area contributed by atoms with Gasteiger partial charge < -0.3 is 24.4 Å². The Bertz CT molecular complexity index is 444. The predicted octanol–water partition coefficient (Wildman–Crippen LogP) is 0.735. The van der Waals surface area contributed by atoms with E-state index in [1.807, 2.05) is 7.05 Å². The van der Waals surface area contributed by atoms with Gasteiger partial charge in [-0.2, -0.15) is 11.8 Å². The molecule has 3 aliphatic heterocycles. The van der Waals surface area contributed by atoms with Crippen LogP contribution < -0.4 is 5.32 Å². The van der Waals surface area contributed by atoms with Crippen LogP contribution in [0.3, 0.4) is 0 Å². The van der Waals surface area contributed by atoms with Crippen LogP contribution in [0, 0.1) is 0 Å². The van der Waals surface area contributed by atoms with E-state index in [-0.39, 0.29) is 35.6 Å². The molecule has 0 aromatic rings. The molecule has 0 aromatic heterocycles. The molecule has 7 nitrogen and oxygen atoms in total. The van der Waals surface area contributed by atoms with Crippen LogP contribution in [0.4, 0.5) is 0 Å². The maximum absolute atomic E-state index is 5.76. The molecule has 0 saturated carbocycles. The molecule has 3 rings (SSSR count). The number of nitrogens with zero attached hydrogens (tertiary/aromatic N) is 3. The summed E-state index contributed by atoms with van der Waals surface area (Å²) in [5.41, 5.74) is 0.225. The average molecular weight is 500 g/mol. The fourth-order valence-electron chi connectivity index (χ4n) is 3.91. The molecule has 0 aromatic carbocycles. The van der Waals surface area contributed by atoms with Crippen LogP contribution in [0.1, 0.15) is 6.42 Å². The first-order valence-corrected chi connectivity index (χ1v) is 10.4. The number of hydrogen-bond acceptors (Lipinski definition) is 6. The number of ether oxygens (including phenoxy) is 3. The molecule has 1 N–H and O–H groups in total. The van der Waals surface area contributed by atoms with Gasteiger partial charge in [0.1, 0.15) is 0 Å². The largest absolute Gasteiger partial charge is 0.382 e. The Hall–Kier alpha value is 0.190. The highest BCUT2D eigenvalue weighted by atomic mass is 127. The van der Waals surface area contributed by atoms with Crippen molar-refractivity contribution in [1.82, 2.24) is 15.1 Å². The number of aliphatic imine (C=N–C) groups is 1. The summed E-state index contributed by atoms with van der Waals surface area (Å²) in [6, 6.07) is 0. The number of morpholine rings is 2. The molecule has 9 heteroatoms. The van der Waals surface area contributed by atoms with Crippen molar-refractivity contribution in [1.29, 1.82) is 0 Å². The number of rotatable bonds is 5. The summed E-state index contributed by atoms with van der Waals surface area (Å²) in [6.45, 7) is 7.77. The number of nitrogens with one attached hydrogen (secondary N) is 1. The Kier molecular flexibility index (Phi) is 9.73. The minimum atomic E-state index is 0. The predicted molar refractivity (Wildman–Crippen MR) is 117 cm³/mol. The summed E-state index contributed by atoms with van der Waals surface area (Å²) < 4.78 is 16.6. The number of guanidine groups is 1. The summed E-state index contributed by atoms with van der Waals surface area (Å²) in [5.74, 6) is 3.41. The van der Waals surface area contributed by atoms with Crippen molar-refractivity contribution in [2.24, 2.45) is 4.99 Å². The zero-order chi connectivity index (χ0) is 17.5. The lowest BCUT2D eigenvalue weighted by Crippen LogP contribution is -2.61. The maximum atomic E-state index is 5.76. The van der Waals surface area contributed by atoms with Gasteiger partial charge in [-0.25, -0.2) is 0 Å². The molecule has 2 atom stereocenters. The molecular formula is C17H33IN4O3S. The van der Waals surface area contributed by atoms with E-state index in [2.05, 4.69) is 31.9 Å². The second-order valence-corrected chi connectivity index (χ2v) is 8.03. The molecule has 0 aliphatic carbocycles. The van der Waals surface area contributed by atoms with Crippen LogP contribution in [0.5, 0.6) is 0 Å². The molecule has 0 bridgehead atoms. The lowest BCUT2D eigenvalue weighted by Gasteiger charge is -2.44. The first kappa shape index (κ1) is 22.5. The number of methoxy groups -OCH3 is 1. The maximum Gasteiger partial charge on any atom is 0.193 e. The Labute approximate surface area is 178 Å². The normalized spacial score (nSPS) is 30.9. The summed E-state index contributed by atoms with van der Waals surface area (Å²) in [7, 11) is 3.59. The van der Waals surface area contributed by atoms with Crippen molar-refractivity contribution in [3.63, 3.8) is 0 Å². The van der Waals surface area contributed by atoms with Crippen LogP contribution in [-0.2, 0) is 14.2 Å². The average Bonchev–Trinajstić information content (AvgIpc) is 3.14. The SMILES string of the molecule is CN=C(NCC1(N2CCOCC2)CCSC1)N1CCOC(COC)C1.I. The van der Waals surface area contributed by atoms with Crippen molar-refractivity contribution in [3.05, 3.63) is 0 Å². The van der Waals surface area contributed by atoms with Crippen molar-refractivity contribution < 1.29 is 14.2 Å². The highest BCUT2D eigenvalue weighted by molar-refractivity contribution is 14.0. The number of thioether (sulfide) groups is 1. The molecule has 26 heavy (non-hydrogen) atoms. The van der Waals surface area contributed by atoms with Gasteiger partial charge in [0.2, 0.25) is 0 Å². The lowest BCUT2D eigenvalue weighted by molar-refractivity contribution is -0.0451. The third kappa shape index (κ3) is 5.60. The van der Waals surface area contributed by atoms with E-state index in [1.54, 1.807) is 7.11 Å². The van der Waals surface area contributed by atoms with Gasteiger partial charge >= 0.3 is 0 Å². The first-order chi connectivity index (χ1) is 12.3. The smallest absolute Gasteiger partial charge is 0.193 e. The third-order valence-electron chi connectivity index (χ3n) is 5.34. The molecule has 3 aliphatic rings. The van der Waals surface area contributed by atoms with Crippen molar-refractivity contribution in [3.8, 4) is 0 Å². The lowest BCUT2D eigenvalue weighted by atomic mass is 9.95. The number of hydrogen-bond donors (Lipinski definition) is 1. The summed E-state index contributed by atoms with van der Waals surface area (Å²) in [6.07, 6.45) is 1.35. The van der Waals surface area contributed by atoms with Gasteiger partial charge in [-0.05, 0) is 12.2 Å². The Morgan fingerprint density at radius 1 is 1.31 bits per heavy atom. The highest BCUT2D eigenvalue weighted by Crippen LogP contribution is 2.33.